The van der Waals surface area contributed by atoms with Crippen molar-refractivity contribution >= 4 is 11.6 Å². The summed E-state index contributed by atoms with van der Waals surface area (Å²) < 4.78 is 6.74. The Kier molecular flexibility index (Phi) is 4.85. The number of benzene rings is 1. The fraction of sp³-hybridized carbons (Fsp3) is 0.0500. The van der Waals surface area contributed by atoms with Crippen molar-refractivity contribution < 1.29 is 14.1 Å². The second kappa shape index (κ2) is 7.77. The summed E-state index contributed by atoms with van der Waals surface area (Å²) in [5.74, 6) is 0.0983. The summed E-state index contributed by atoms with van der Waals surface area (Å²) in [5, 5.41) is 18.4. The van der Waals surface area contributed by atoms with Crippen LogP contribution in [0.3, 0.4) is 0 Å². The van der Waals surface area contributed by atoms with E-state index in [1.807, 2.05) is 6.07 Å². The molecule has 1 aromatic carbocycles. The molecular weight excluding hydrogens is 374 g/mol. The van der Waals surface area contributed by atoms with Crippen LogP contribution in [-0.2, 0) is 6.54 Å². The van der Waals surface area contributed by atoms with Gasteiger partial charge in [-0.25, -0.2) is 4.68 Å². The SMILES string of the molecule is O=C(NCc1cccnc1)c1cc(-c2ccco2)nn1-c1cccc([N+](=O)[O-])c1. The molecule has 0 atom stereocenters. The summed E-state index contributed by atoms with van der Waals surface area (Å²) in [5.41, 5.74) is 1.80. The largest absolute Gasteiger partial charge is 0.463 e. The molecule has 3 aromatic heterocycles. The Bertz CT molecular complexity index is 1150. The van der Waals surface area contributed by atoms with Crippen LogP contribution in [0.5, 0.6) is 0 Å². The summed E-state index contributed by atoms with van der Waals surface area (Å²) in [4.78, 5) is 27.5. The number of nitrogens with zero attached hydrogens (tertiary/aromatic N) is 4. The second-order valence-corrected chi connectivity index (χ2v) is 6.12. The lowest BCUT2D eigenvalue weighted by Gasteiger charge is -2.08. The minimum Gasteiger partial charge on any atom is -0.463 e. The van der Waals surface area contributed by atoms with E-state index in [4.69, 9.17) is 4.42 Å². The fourth-order valence-corrected chi connectivity index (χ4v) is 2.80. The third kappa shape index (κ3) is 3.88. The monoisotopic (exact) mass is 389 g/mol. The normalized spacial score (nSPS) is 10.6. The first kappa shape index (κ1) is 18.1. The Balaban J connectivity index is 1.70. The van der Waals surface area contributed by atoms with Gasteiger partial charge in [0.1, 0.15) is 11.4 Å². The minimum absolute atomic E-state index is 0.0979. The number of non-ortho nitro benzene ring substituents is 1. The number of amides is 1. The van der Waals surface area contributed by atoms with Crippen molar-refractivity contribution in [3.05, 3.63) is 94.6 Å². The van der Waals surface area contributed by atoms with Crippen molar-refractivity contribution in [2.75, 3.05) is 0 Å². The Labute approximate surface area is 164 Å². The molecule has 0 saturated heterocycles. The number of carbonyl (C=O) groups excluding carboxylic acids is 1. The highest BCUT2D eigenvalue weighted by Crippen LogP contribution is 2.24. The van der Waals surface area contributed by atoms with Crippen LogP contribution in [0.2, 0.25) is 0 Å². The van der Waals surface area contributed by atoms with E-state index in [9.17, 15) is 14.9 Å². The number of aromatic nitrogens is 3. The van der Waals surface area contributed by atoms with Crippen LogP contribution in [0.25, 0.3) is 17.1 Å². The van der Waals surface area contributed by atoms with E-state index >= 15 is 0 Å². The summed E-state index contributed by atoms with van der Waals surface area (Å²) >= 11 is 0. The predicted molar refractivity (Wildman–Crippen MR) is 103 cm³/mol. The zero-order valence-electron chi connectivity index (χ0n) is 15.1. The van der Waals surface area contributed by atoms with Crippen LogP contribution in [0.15, 0.2) is 77.7 Å². The van der Waals surface area contributed by atoms with Gasteiger partial charge in [0.25, 0.3) is 11.6 Å². The van der Waals surface area contributed by atoms with Gasteiger partial charge in [-0.3, -0.25) is 19.9 Å². The molecule has 9 nitrogen and oxygen atoms in total. The number of hydrogen-bond acceptors (Lipinski definition) is 6. The van der Waals surface area contributed by atoms with E-state index in [2.05, 4.69) is 15.4 Å². The van der Waals surface area contributed by atoms with Gasteiger partial charge in [0, 0.05) is 37.1 Å². The molecule has 0 saturated carbocycles. The highest BCUT2D eigenvalue weighted by Gasteiger charge is 2.20. The van der Waals surface area contributed by atoms with E-state index in [1.54, 1.807) is 48.8 Å². The number of nitro benzene ring substituents is 1. The smallest absolute Gasteiger partial charge is 0.271 e. The fourth-order valence-electron chi connectivity index (χ4n) is 2.80. The first-order valence-corrected chi connectivity index (χ1v) is 8.68. The second-order valence-electron chi connectivity index (χ2n) is 6.12. The maximum atomic E-state index is 12.9. The van der Waals surface area contributed by atoms with Crippen LogP contribution in [0, 0.1) is 10.1 Å². The molecule has 0 aliphatic heterocycles. The number of hydrogen-bond donors (Lipinski definition) is 1. The van der Waals surface area contributed by atoms with E-state index in [0.717, 1.165) is 5.56 Å². The molecule has 0 aliphatic rings. The topological polar surface area (TPSA) is 116 Å². The van der Waals surface area contributed by atoms with Gasteiger partial charge in [0.2, 0.25) is 0 Å². The average molecular weight is 389 g/mol. The lowest BCUT2D eigenvalue weighted by atomic mass is 10.2. The lowest BCUT2D eigenvalue weighted by molar-refractivity contribution is -0.384. The number of rotatable bonds is 6. The summed E-state index contributed by atoms with van der Waals surface area (Å²) in [7, 11) is 0. The molecular formula is C20H15N5O4. The van der Waals surface area contributed by atoms with E-state index in [1.165, 1.54) is 23.1 Å². The molecule has 0 bridgehead atoms. The van der Waals surface area contributed by atoms with Gasteiger partial charge in [-0.1, -0.05) is 12.1 Å². The molecule has 9 heteroatoms. The molecule has 3 heterocycles. The minimum atomic E-state index is -0.497. The van der Waals surface area contributed by atoms with Gasteiger partial charge in [-0.15, -0.1) is 0 Å². The van der Waals surface area contributed by atoms with Gasteiger partial charge in [-0.2, -0.15) is 5.10 Å². The van der Waals surface area contributed by atoms with E-state index in [0.29, 0.717) is 17.1 Å². The molecule has 4 rings (SSSR count). The summed E-state index contributed by atoms with van der Waals surface area (Å²) in [6.07, 6.45) is 4.81. The lowest BCUT2D eigenvalue weighted by Crippen LogP contribution is -2.25. The Morgan fingerprint density at radius 3 is 2.79 bits per heavy atom. The maximum Gasteiger partial charge on any atom is 0.271 e. The highest BCUT2D eigenvalue weighted by molar-refractivity contribution is 5.94. The van der Waals surface area contributed by atoms with Crippen molar-refractivity contribution in [1.29, 1.82) is 0 Å². The molecule has 144 valence electrons. The van der Waals surface area contributed by atoms with Crippen molar-refractivity contribution in [3.8, 4) is 17.1 Å². The number of nitrogens with one attached hydrogen (secondary N) is 1. The van der Waals surface area contributed by atoms with Gasteiger partial charge in [0.05, 0.1) is 16.9 Å². The Morgan fingerprint density at radius 1 is 1.17 bits per heavy atom. The summed E-state index contributed by atoms with van der Waals surface area (Å²) in [6.45, 7) is 0.281. The Morgan fingerprint density at radius 2 is 2.07 bits per heavy atom. The molecule has 0 unspecified atom stereocenters. The molecule has 0 spiro atoms. The molecule has 4 aromatic rings. The zero-order valence-corrected chi connectivity index (χ0v) is 15.1. The standard InChI is InChI=1S/C20H15N5O4/c26-20(22-13-14-4-2-8-21-12-14)18-11-17(19-7-3-9-29-19)23-24(18)15-5-1-6-16(10-15)25(27)28/h1-12H,13H2,(H,22,26). The van der Waals surface area contributed by atoms with E-state index in [-0.39, 0.29) is 23.8 Å². The molecule has 1 amide bonds. The molecule has 29 heavy (non-hydrogen) atoms. The third-order valence-electron chi connectivity index (χ3n) is 4.18. The quantitative estimate of drug-likeness (QED) is 0.399. The molecule has 0 aliphatic carbocycles. The Hall–Kier alpha value is -4.27. The number of pyridine rings is 1. The van der Waals surface area contributed by atoms with Crippen LogP contribution < -0.4 is 5.32 Å². The van der Waals surface area contributed by atoms with Crippen LogP contribution in [0.1, 0.15) is 16.1 Å². The van der Waals surface area contributed by atoms with Crippen molar-refractivity contribution in [2.24, 2.45) is 0 Å². The van der Waals surface area contributed by atoms with Crippen molar-refractivity contribution in [2.45, 2.75) is 6.54 Å². The predicted octanol–water partition coefficient (Wildman–Crippen LogP) is 3.37. The highest BCUT2D eigenvalue weighted by atomic mass is 16.6. The van der Waals surface area contributed by atoms with Crippen molar-refractivity contribution in [1.82, 2.24) is 20.1 Å². The molecule has 0 radical (unpaired) electrons. The third-order valence-corrected chi connectivity index (χ3v) is 4.18. The number of nitro groups is 1. The van der Waals surface area contributed by atoms with Gasteiger partial charge >= 0.3 is 0 Å². The number of carbonyl (C=O) groups is 1. The van der Waals surface area contributed by atoms with Crippen LogP contribution >= 0.6 is 0 Å². The first-order valence-electron chi connectivity index (χ1n) is 8.68. The van der Waals surface area contributed by atoms with Crippen molar-refractivity contribution in [3.63, 3.8) is 0 Å². The maximum absolute atomic E-state index is 12.9. The zero-order chi connectivity index (χ0) is 20.2. The first-order chi connectivity index (χ1) is 14.1. The van der Waals surface area contributed by atoms with E-state index < -0.39 is 4.92 Å². The van der Waals surface area contributed by atoms with Gasteiger partial charge < -0.3 is 9.73 Å². The molecule has 0 fully saturated rings. The van der Waals surface area contributed by atoms with Gasteiger partial charge in [0.15, 0.2) is 5.76 Å². The number of furan rings is 1. The average Bonchev–Trinajstić information content (AvgIpc) is 3.43. The molecule has 1 N–H and O–H groups in total. The van der Waals surface area contributed by atoms with Gasteiger partial charge in [-0.05, 0) is 29.8 Å². The van der Waals surface area contributed by atoms with Crippen LogP contribution in [-0.4, -0.2) is 25.6 Å². The van der Waals surface area contributed by atoms with Crippen LogP contribution in [0.4, 0.5) is 5.69 Å². The summed E-state index contributed by atoms with van der Waals surface area (Å²) in [6, 6.07) is 14.6.